The molecular weight excluding hydrogens is 262 g/mol. The number of fused-ring (bicyclic) bond motifs is 1. The van der Waals surface area contributed by atoms with Crippen molar-refractivity contribution in [3.8, 4) is 11.1 Å². The fourth-order valence-corrected chi connectivity index (χ4v) is 2.07. The number of carbonyl (C=O) groups is 1. The second-order valence-electron chi connectivity index (χ2n) is 4.18. The minimum atomic E-state index is -1.36. The molecule has 0 fully saturated rings. The molecule has 0 amide bonds. The second-order valence-corrected chi connectivity index (χ2v) is 4.18. The average molecular weight is 271 g/mol. The van der Waals surface area contributed by atoms with Gasteiger partial charge in [0.25, 0.3) is 11.1 Å². The highest BCUT2D eigenvalue weighted by molar-refractivity contribution is 5.87. The lowest BCUT2D eigenvalue weighted by Gasteiger charge is -1.99. The first-order valence-electron chi connectivity index (χ1n) is 5.74. The number of benzene rings is 1. The van der Waals surface area contributed by atoms with E-state index in [0.29, 0.717) is 11.1 Å². The molecule has 0 aliphatic rings. The fraction of sp³-hybridized carbons (Fsp3) is 0. The lowest BCUT2D eigenvalue weighted by molar-refractivity contribution is 0.0694. The summed E-state index contributed by atoms with van der Waals surface area (Å²) in [6, 6.07) is 8.80. The number of carboxylic acid groups (broad SMARTS) is 1. The maximum Gasteiger partial charge on any atom is 0.342 e. The molecular formula is C13H9N3O4. The predicted molar refractivity (Wildman–Crippen MR) is 71.0 cm³/mol. The molecule has 3 aromatic rings. The van der Waals surface area contributed by atoms with Crippen LogP contribution in [-0.4, -0.2) is 25.7 Å². The van der Waals surface area contributed by atoms with Crippen molar-refractivity contribution >= 4 is 11.6 Å². The number of H-pyrrole nitrogens is 2. The maximum absolute atomic E-state index is 12.0. The van der Waals surface area contributed by atoms with Crippen molar-refractivity contribution in [3.05, 3.63) is 62.8 Å². The summed E-state index contributed by atoms with van der Waals surface area (Å²) in [4.78, 5) is 37.5. The van der Waals surface area contributed by atoms with Crippen LogP contribution in [0.15, 0.2) is 46.1 Å². The summed E-state index contributed by atoms with van der Waals surface area (Å²) in [6.45, 7) is 0. The Labute approximate surface area is 111 Å². The quantitative estimate of drug-likeness (QED) is 0.637. The van der Waals surface area contributed by atoms with Gasteiger partial charge in [0.2, 0.25) is 0 Å². The number of aromatic amines is 2. The Hall–Kier alpha value is -3.09. The van der Waals surface area contributed by atoms with E-state index in [2.05, 4.69) is 10.1 Å². The molecule has 100 valence electrons. The van der Waals surface area contributed by atoms with E-state index in [1.165, 1.54) is 0 Å². The molecule has 0 saturated carbocycles. The van der Waals surface area contributed by atoms with E-state index in [1.54, 1.807) is 30.3 Å². The van der Waals surface area contributed by atoms with Gasteiger partial charge in [-0.3, -0.25) is 14.7 Å². The lowest BCUT2D eigenvalue weighted by atomic mass is 10.1. The van der Waals surface area contributed by atoms with E-state index in [1.807, 2.05) is 0 Å². The number of carboxylic acids is 1. The Morgan fingerprint density at radius 3 is 2.50 bits per heavy atom. The second kappa shape index (κ2) is 4.23. The molecule has 0 aliphatic carbocycles. The molecule has 0 bridgehead atoms. The molecule has 3 rings (SSSR count). The van der Waals surface area contributed by atoms with Gasteiger partial charge in [-0.05, 0) is 5.56 Å². The van der Waals surface area contributed by atoms with Crippen molar-refractivity contribution in [3.63, 3.8) is 0 Å². The monoisotopic (exact) mass is 271 g/mol. The maximum atomic E-state index is 12.0. The van der Waals surface area contributed by atoms with E-state index < -0.39 is 22.7 Å². The van der Waals surface area contributed by atoms with Crippen LogP contribution in [0.3, 0.4) is 0 Å². The first kappa shape index (κ1) is 12.0. The van der Waals surface area contributed by atoms with E-state index in [4.69, 9.17) is 5.11 Å². The third-order valence-electron chi connectivity index (χ3n) is 2.98. The van der Waals surface area contributed by atoms with Gasteiger partial charge >= 0.3 is 5.97 Å². The minimum Gasteiger partial charge on any atom is -0.477 e. The Kier molecular flexibility index (Phi) is 2.53. The van der Waals surface area contributed by atoms with Crippen molar-refractivity contribution in [2.24, 2.45) is 0 Å². The van der Waals surface area contributed by atoms with E-state index in [-0.39, 0.29) is 5.65 Å². The highest BCUT2D eigenvalue weighted by Gasteiger charge is 2.17. The summed E-state index contributed by atoms with van der Waals surface area (Å²) < 4.78 is 0.911. The average Bonchev–Trinajstić information content (AvgIpc) is 2.77. The van der Waals surface area contributed by atoms with Crippen LogP contribution in [-0.2, 0) is 0 Å². The molecule has 0 radical (unpaired) electrons. The summed E-state index contributed by atoms with van der Waals surface area (Å²) >= 11 is 0. The fourth-order valence-electron chi connectivity index (χ4n) is 2.07. The zero-order valence-corrected chi connectivity index (χ0v) is 10.1. The SMILES string of the molecule is O=C(O)c1c[nH]c2c(-c3ccccc3)c(=O)[nH]n2c1=O. The molecule has 0 unspecified atom stereocenters. The van der Waals surface area contributed by atoms with Crippen LogP contribution in [0.2, 0.25) is 0 Å². The Bertz CT molecular complexity index is 918. The summed E-state index contributed by atoms with van der Waals surface area (Å²) in [6.07, 6.45) is 1.08. The molecule has 0 spiro atoms. The Morgan fingerprint density at radius 2 is 1.85 bits per heavy atom. The number of nitrogens with one attached hydrogen (secondary N) is 2. The third kappa shape index (κ3) is 1.64. The van der Waals surface area contributed by atoms with Crippen LogP contribution in [0.5, 0.6) is 0 Å². The summed E-state index contributed by atoms with van der Waals surface area (Å²) in [5.74, 6) is -1.36. The van der Waals surface area contributed by atoms with Gasteiger partial charge in [-0.15, -0.1) is 0 Å². The summed E-state index contributed by atoms with van der Waals surface area (Å²) in [5.41, 5.74) is -0.535. The Balaban J connectivity index is 2.40. The van der Waals surface area contributed by atoms with Crippen LogP contribution in [0.1, 0.15) is 10.4 Å². The molecule has 7 nitrogen and oxygen atoms in total. The highest BCUT2D eigenvalue weighted by Crippen LogP contribution is 2.18. The van der Waals surface area contributed by atoms with Gasteiger partial charge in [0, 0.05) is 6.20 Å². The molecule has 1 aromatic carbocycles. The number of hydrogen-bond donors (Lipinski definition) is 3. The molecule has 20 heavy (non-hydrogen) atoms. The van der Waals surface area contributed by atoms with E-state index >= 15 is 0 Å². The topological polar surface area (TPSA) is 107 Å². The number of hydrogen-bond acceptors (Lipinski definition) is 3. The molecule has 7 heteroatoms. The van der Waals surface area contributed by atoms with Crippen LogP contribution in [0.25, 0.3) is 16.8 Å². The van der Waals surface area contributed by atoms with Gasteiger partial charge in [0.1, 0.15) is 11.2 Å². The molecule has 2 heterocycles. The molecule has 0 aliphatic heterocycles. The molecule has 2 aromatic heterocycles. The van der Waals surface area contributed by atoms with Crippen molar-refractivity contribution in [2.45, 2.75) is 0 Å². The van der Waals surface area contributed by atoms with Crippen LogP contribution in [0, 0.1) is 0 Å². The van der Waals surface area contributed by atoms with Gasteiger partial charge in [-0.25, -0.2) is 4.79 Å². The van der Waals surface area contributed by atoms with E-state index in [9.17, 15) is 14.4 Å². The van der Waals surface area contributed by atoms with Gasteiger partial charge in [-0.1, -0.05) is 30.3 Å². The zero-order chi connectivity index (χ0) is 14.3. The van der Waals surface area contributed by atoms with Crippen molar-refractivity contribution in [1.82, 2.24) is 14.6 Å². The lowest BCUT2D eigenvalue weighted by Crippen LogP contribution is -2.23. The van der Waals surface area contributed by atoms with Crippen molar-refractivity contribution < 1.29 is 9.90 Å². The standard InChI is InChI=1S/C13H9N3O4/c17-11-9(7-4-2-1-3-5-7)10-14-6-8(13(19)20)12(18)16(10)15-11/h1-6,14H,(H,15,17)(H,19,20). The van der Waals surface area contributed by atoms with E-state index in [0.717, 1.165) is 10.7 Å². The van der Waals surface area contributed by atoms with Crippen LogP contribution in [0.4, 0.5) is 0 Å². The zero-order valence-electron chi connectivity index (χ0n) is 10.1. The number of aromatic nitrogens is 3. The van der Waals surface area contributed by atoms with Gasteiger partial charge in [0.05, 0.1) is 5.56 Å². The predicted octanol–water partition coefficient (Wildman–Crippen LogP) is 0.681. The highest BCUT2D eigenvalue weighted by atomic mass is 16.4. The van der Waals surface area contributed by atoms with Crippen LogP contribution < -0.4 is 11.1 Å². The van der Waals surface area contributed by atoms with Gasteiger partial charge in [0.15, 0.2) is 0 Å². The minimum absolute atomic E-state index is 0.233. The smallest absolute Gasteiger partial charge is 0.342 e. The summed E-state index contributed by atoms with van der Waals surface area (Å²) in [7, 11) is 0. The van der Waals surface area contributed by atoms with Crippen LogP contribution >= 0.6 is 0 Å². The first-order chi connectivity index (χ1) is 9.59. The van der Waals surface area contributed by atoms with Gasteiger partial charge in [-0.2, -0.15) is 4.52 Å². The molecule has 0 saturated heterocycles. The molecule has 0 atom stereocenters. The Morgan fingerprint density at radius 1 is 1.15 bits per heavy atom. The number of nitrogens with zero attached hydrogens (tertiary/aromatic N) is 1. The summed E-state index contributed by atoms with van der Waals surface area (Å²) in [5, 5.41) is 11.2. The number of aromatic carboxylic acids is 1. The van der Waals surface area contributed by atoms with Crippen molar-refractivity contribution in [2.75, 3.05) is 0 Å². The largest absolute Gasteiger partial charge is 0.477 e. The van der Waals surface area contributed by atoms with Crippen molar-refractivity contribution in [1.29, 1.82) is 0 Å². The first-order valence-corrected chi connectivity index (χ1v) is 5.74. The normalized spacial score (nSPS) is 10.8. The number of rotatable bonds is 2. The third-order valence-corrected chi connectivity index (χ3v) is 2.98. The van der Waals surface area contributed by atoms with Gasteiger partial charge < -0.3 is 10.1 Å². The molecule has 3 N–H and O–H groups in total.